The van der Waals surface area contributed by atoms with Gasteiger partial charge in [-0.05, 0) is 61.0 Å². The van der Waals surface area contributed by atoms with Gasteiger partial charge in [-0.1, -0.05) is 11.6 Å². The number of sulfonamides is 1. The molecule has 0 saturated heterocycles. The number of halogens is 1. The number of aryl methyl sites for hydroxylation is 1. The van der Waals surface area contributed by atoms with Crippen LogP contribution in [0.3, 0.4) is 0 Å². The van der Waals surface area contributed by atoms with Crippen molar-refractivity contribution < 1.29 is 13.2 Å². The molecule has 0 aliphatic heterocycles. The lowest BCUT2D eigenvalue weighted by molar-refractivity contribution is 0.415. The summed E-state index contributed by atoms with van der Waals surface area (Å²) >= 11 is 5.86. The molecule has 0 spiro atoms. The number of hydrogen-bond donors (Lipinski definition) is 2. The lowest BCUT2D eigenvalue weighted by Crippen LogP contribution is -2.27. The molecule has 0 aliphatic rings. The Kier molecular flexibility index (Phi) is 5.68. The van der Waals surface area contributed by atoms with Gasteiger partial charge < -0.3 is 4.74 Å². The van der Waals surface area contributed by atoms with Gasteiger partial charge in [0.25, 0.3) is 15.6 Å². The van der Waals surface area contributed by atoms with E-state index >= 15 is 0 Å². The zero-order valence-electron chi connectivity index (χ0n) is 16.9. The molecule has 0 saturated carbocycles. The molecular formula is C20H17ClN6O4S. The predicted molar refractivity (Wildman–Crippen MR) is 121 cm³/mol. The fourth-order valence-electron chi connectivity index (χ4n) is 2.92. The second kappa shape index (κ2) is 8.44. The molecular weight excluding hydrogens is 456 g/mol. The molecule has 4 aromatic rings. The van der Waals surface area contributed by atoms with Gasteiger partial charge in [-0.15, -0.1) is 0 Å². The summed E-state index contributed by atoms with van der Waals surface area (Å²) in [6, 6.07) is 12.9. The molecule has 0 amide bonds. The Hall–Kier alpha value is -3.70. The van der Waals surface area contributed by atoms with Gasteiger partial charge >= 0.3 is 0 Å². The number of benzene rings is 2. The Morgan fingerprint density at radius 1 is 1.16 bits per heavy atom. The summed E-state index contributed by atoms with van der Waals surface area (Å²) in [4.78, 5) is 20.9. The van der Waals surface area contributed by atoms with Crippen molar-refractivity contribution in [2.45, 2.75) is 11.8 Å². The first kappa shape index (κ1) is 21.5. The lowest BCUT2D eigenvalue weighted by Gasteiger charge is -2.10. The lowest BCUT2D eigenvalue weighted by atomic mass is 10.2. The molecule has 0 fully saturated rings. The summed E-state index contributed by atoms with van der Waals surface area (Å²) in [5.74, 6) is 0.699. The average molecular weight is 473 g/mol. The van der Waals surface area contributed by atoms with Gasteiger partial charge in [0.05, 0.1) is 7.11 Å². The molecule has 2 aromatic carbocycles. The molecule has 32 heavy (non-hydrogen) atoms. The van der Waals surface area contributed by atoms with E-state index in [1.165, 1.54) is 30.5 Å². The number of hydrogen-bond acceptors (Lipinski definition) is 7. The van der Waals surface area contributed by atoms with Crippen LogP contribution in [0.1, 0.15) is 11.4 Å². The number of aliphatic imine (C=N–C) groups is 1. The smallest absolute Gasteiger partial charge is 0.283 e. The van der Waals surface area contributed by atoms with Gasteiger partial charge in [0, 0.05) is 16.9 Å². The number of nitrogens with one attached hydrogen (secondary N) is 2. The standard InChI is InChI=1S/C20H17ClN6O4S/c1-12-24-25-20-23-18(22-11-13-3-9-16(31-2)10-4-13)17(19(28)27(12)20)32(29,30)26-15-7-5-14(21)6-8-15/h3-11,26H,1-2H3,(H,23,25)/b22-11+. The Balaban J connectivity index is 1.84. The first-order valence-corrected chi connectivity index (χ1v) is 11.1. The summed E-state index contributed by atoms with van der Waals surface area (Å²) < 4.78 is 34.9. The number of methoxy groups -OCH3 is 1. The van der Waals surface area contributed by atoms with Crippen molar-refractivity contribution in [2.24, 2.45) is 4.99 Å². The Labute approximate surface area is 187 Å². The molecule has 2 N–H and O–H groups in total. The van der Waals surface area contributed by atoms with Crippen molar-refractivity contribution in [3.8, 4) is 5.75 Å². The minimum atomic E-state index is -4.35. The van der Waals surface area contributed by atoms with Gasteiger partial charge in [-0.25, -0.2) is 22.9 Å². The first-order valence-electron chi connectivity index (χ1n) is 9.23. The fraction of sp³-hybridized carbons (Fsp3) is 0.100. The molecule has 0 aliphatic carbocycles. The fourth-order valence-corrected chi connectivity index (χ4v) is 4.26. The van der Waals surface area contributed by atoms with E-state index in [-0.39, 0.29) is 23.1 Å². The molecule has 0 unspecified atom stereocenters. The second-order valence-corrected chi connectivity index (χ2v) is 8.70. The van der Waals surface area contributed by atoms with Crippen molar-refractivity contribution in [1.29, 1.82) is 0 Å². The largest absolute Gasteiger partial charge is 0.497 e. The number of fused-ring (bicyclic) bond motifs is 1. The SMILES string of the molecule is COc1ccc(/C=N/c2nc3[nH]nc(C)n3c(=O)c2S(=O)(=O)Nc2ccc(Cl)cc2)cc1. The maximum atomic E-state index is 13.2. The van der Waals surface area contributed by atoms with Crippen molar-refractivity contribution in [3.63, 3.8) is 0 Å². The van der Waals surface area contributed by atoms with Crippen LogP contribution in [-0.2, 0) is 10.0 Å². The molecule has 164 valence electrons. The molecule has 2 heterocycles. The van der Waals surface area contributed by atoms with Crippen LogP contribution in [0.5, 0.6) is 5.75 Å². The van der Waals surface area contributed by atoms with E-state index in [1.54, 1.807) is 38.3 Å². The van der Waals surface area contributed by atoms with Gasteiger partial charge in [0.2, 0.25) is 5.78 Å². The topological polar surface area (TPSA) is 131 Å². The number of H-pyrrole nitrogens is 1. The maximum absolute atomic E-state index is 13.2. The summed E-state index contributed by atoms with van der Waals surface area (Å²) in [5.41, 5.74) is 0.0556. The maximum Gasteiger partial charge on any atom is 0.283 e. The summed E-state index contributed by atoms with van der Waals surface area (Å²) in [6.07, 6.45) is 1.41. The molecule has 4 rings (SSSR count). The van der Waals surface area contributed by atoms with Crippen LogP contribution in [-0.4, -0.2) is 41.3 Å². The Morgan fingerprint density at radius 2 is 1.84 bits per heavy atom. The Bertz CT molecular complexity index is 1480. The van der Waals surface area contributed by atoms with Crippen molar-refractivity contribution in [2.75, 3.05) is 11.8 Å². The number of ether oxygens (including phenoxy) is 1. The number of aromatic nitrogens is 4. The van der Waals surface area contributed by atoms with E-state index < -0.39 is 20.5 Å². The molecule has 0 atom stereocenters. The first-order chi connectivity index (χ1) is 15.3. The highest BCUT2D eigenvalue weighted by Gasteiger charge is 2.27. The van der Waals surface area contributed by atoms with E-state index in [0.29, 0.717) is 16.3 Å². The molecule has 10 nitrogen and oxygen atoms in total. The third kappa shape index (κ3) is 4.20. The number of aromatic amines is 1. The van der Waals surface area contributed by atoms with Gasteiger partial charge in [-0.2, -0.15) is 10.1 Å². The third-order valence-electron chi connectivity index (χ3n) is 4.48. The summed E-state index contributed by atoms with van der Waals surface area (Å²) in [7, 11) is -2.80. The van der Waals surface area contributed by atoms with E-state index in [0.717, 1.165) is 4.40 Å². The van der Waals surface area contributed by atoms with Crippen LogP contribution in [0.25, 0.3) is 5.78 Å². The van der Waals surface area contributed by atoms with E-state index in [9.17, 15) is 13.2 Å². The van der Waals surface area contributed by atoms with E-state index in [2.05, 4.69) is 24.9 Å². The van der Waals surface area contributed by atoms with Crippen LogP contribution in [0.15, 0.2) is 63.2 Å². The van der Waals surface area contributed by atoms with Gasteiger partial charge in [0.1, 0.15) is 11.6 Å². The number of nitrogens with zero attached hydrogens (tertiary/aromatic N) is 4. The molecule has 0 radical (unpaired) electrons. The van der Waals surface area contributed by atoms with Gasteiger partial charge in [-0.3, -0.25) is 9.52 Å². The van der Waals surface area contributed by atoms with E-state index in [1.807, 2.05) is 0 Å². The molecule has 2 aromatic heterocycles. The minimum Gasteiger partial charge on any atom is -0.497 e. The zero-order chi connectivity index (χ0) is 22.9. The van der Waals surface area contributed by atoms with Crippen LogP contribution in [0.2, 0.25) is 5.02 Å². The molecule has 0 bridgehead atoms. The van der Waals surface area contributed by atoms with Crippen LogP contribution in [0, 0.1) is 6.92 Å². The normalized spacial score (nSPS) is 11.8. The van der Waals surface area contributed by atoms with Crippen molar-refractivity contribution in [3.05, 3.63) is 75.3 Å². The predicted octanol–water partition coefficient (Wildman–Crippen LogP) is 2.94. The third-order valence-corrected chi connectivity index (χ3v) is 6.13. The van der Waals surface area contributed by atoms with Crippen LogP contribution < -0.4 is 15.0 Å². The highest BCUT2D eigenvalue weighted by atomic mass is 35.5. The zero-order valence-corrected chi connectivity index (χ0v) is 18.5. The van der Waals surface area contributed by atoms with Gasteiger partial charge in [0.15, 0.2) is 10.7 Å². The highest BCUT2D eigenvalue weighted by Crippen LogP contribution is 2.23. The molecule has 12 heteroatoms. The number of anilines is 1. The van der Waals surface area contributed by atoms with Crippen LogP contribution >= 0.6 is 11.6 Å². The average Bonchev–Trinajstić information content (AvgIpc) is 3.14. The second-order valence-electron chi connectivity index (χ2n) is 6.64. The van der Waals surface area contributed by atoms with E-state index in [4.69, 9.17) is 16.3 Å². The van der Waals surface area contributed by atoms with Crippen molar-refractivity contribution >= 4 is 45.1 Å². The Morgan fingerprint density at radius 3 is 2.50 bits per heavy atom. The van der Waals surface area contributed by atoms with Crippen LogP contribution in [0.4, 0.5) is 11.5 Å². The number of rotatable bonds is 6. The quantitative estimate of drug-likeness (QED) is 0.415. The highest BCUT2D eigenvalue weighted by molar-refractivity contribution is 7.92. The van der Waals surface area contributed by atoms with Crippen molar-refractivity contribution in [1.82, 2.24) is 19.6 Å². The summed E-state index contributed by atoms with van der Waals surface area (Å²) in [5, 5.41) is 6.97. The minimum absolute atomic E-state index is 0.0693. The summed E-state index contributed by atoms with van der Waals surface area (Å²) in [6.45, 7) is 1.55. The monoisotopic (exact) mass is 472 g/mol.